The number of carboxylic acids is 1. The molecule has 1 aromatic rings. The van der Waals surface area contributed by atoms with Gasteiger partial charge in [-0.2, -0.15) is 0 Å². The van der Waals surface area contributed by atoms with Crippen LogP contribution in [0.15, 0.2) is 22.8 Å². The van der Waals surface area contributed by atoms with E-state index in [1.165, 1.54) is 0 Å². The van der Waals surface area contributed by atoms with Crippen LogP contribution in [0.25, 0.3) is 0 Å². The lowest BCUT2D eigenvalue weighted by Crippen LogP contribution is -2.40. The van der Waals surface area contributed by atoms with Gasteiger partial charge in [-0.3, -0.25) is 9.59 Å². The highest BCUT2D eigenvalue weighted by atomic mass is 16.4. The number of rotatable bonds is 5. The molecule has 5 heteroatoms. The van der Waals surface area contributed by atoms with Gasteiger partial charge in [0.25, 0.3) is 0 Å². The number of nitrogens with zero attached hydrogens (tertiary/aromatic N) is 1. The summed E-state index contributed by atoms with van der Waals surface area (Å²) in [5.41, 5.74) is -0.791. The molecule has 1 aromatic heterocycles. The minimum atomic E-state index is -0.797. The van der Waals surface area contributed by atoms with Gasteiger partial charge < -0.3 is 14.4 Å². The van der Waals surface area contributed by atoms with Crippen molar-refractivity contribution in [3.8, 4) is 0 Å². The Kier molecular flexibility index (Phi) is 4.16. The first-order valence-electron chi connectivity index (χ1n) is 6.99. The van der Waals surface area contributed by atoms with Crippen LogP contribution in [-0.2, 0) is 16.0 Å². The molecule has 0 bridgehead atoms. The van der Waals surface area contributed by atoms with E-state index in [4.69, 9.17) is 4.42 Å². The van der Waals surface area contributed by atoms with Gasteiger partial charge in [0.15, 0.2) is 0 Å². The SMILES string of the molecule is CC(C)C1(C(=O)O)CCN(C(=O)CCc2ccco2)C1. The molecule has 0 saturated carbocycles. The molecule has 110 valence electrons. The van der Waals surface area contributed by atoms with E-state index in [9.17, 15) is 14.7 Å². The van der Waals surface area contributed by atoms with E-state index in [-0.39, 0.29) is 11.8 Å². The summed E-state index contributed by atoms with van der Waals surface area (Å²) in [4.78, 5) is 25.4. The van der Waals surface area contributed by atoms with Crippen LogP contribution < -0.4 is 0 Å². The molecule has 2 rings (SSSR count). The van der Waals surface area contributed by atoms with E-state index in [1.807, 2.05) is 19.9 Å². The zero-order chi connectivity index (χ0) is 14.8. The molecular formula is C15H21NO4. The minimum absolute atomic E-state index is 0.00479. The van der Waals surface area contributed by atoms with Crippen LogP contribution in [0, 0.1) is 11.3 Å². The van der Waals surface area contributed by atoms with Crippen LogP contribution in [-0.4, -0.2) is 35.0 Å². The van der Waals surface area contributed by atoms with Gasteiger partial charge in [0.05, 0.1) is 11.7 Å². The molecule has 0 aromatic carbocycles. The second-order valence-electron chi connectivity index (χ2n) is 5.76. The summed E-state index contributed by atoms with van der Waals surface area (Å²) in [7, 11) is 0. The number of hydrogen-bond acceptors (Lipinski definition) is 3. The molecule has 1 aliphatic rings. The summed E-state index contributed by atoms with van der Waals surface area (Å²) in [5, 5.41) is 9.46. The zero-order valence-corrected chi connectivity index (χ0v) is 12.0. The third-order valence-electron chi connectivity index (χ3n) is 4.35. The molecule has 0 aliphatic carbocycles. The van der Waals surface area contributed by atoms with Gasteiger partial charge in [0.1, 0.15) is 5.76 Å². The van der Waals surface area contributed by atoms with Crippen molar-refractivity contribution < 1.29 is 19.1 Å². The predicted molar refractivity (Wildman–Crippen MR) is 73.1 cm³/mol. The highest BCUT2D eigenvalue weighted by Crippen LogP contribution is 2.38. The molecule has 1 N–H and O–H groups in total. The molecule has 0 radical (unpaired) electrons. The predicted octanol–water partition coefficient (Wildman–Crippen LogP) is 2.17. The molecule has 1 aliphatic heterocycles. The second-order valence-corrected chi connectivity index (χ2v) is 5.76. The van der Waals surface area contributed by atoms with Crippen LogP contribution in [0.1, 0.15) is 32.4 Å². The zero-order valence-electron chi connectivity index (χ0n) is 12.0. The normalized spacial score (nSPS) is 22.4. The van der Waals surface area contributed by atoms with Crippen molar-refractivity contribution in [3.05, 3.63) is 24.2 Å². The number of likely N-dealkylation sites (tertiary alicyclic amines) is 1. The maximum atomic E-state index is 12.2. The van der Waals surface area contributed by atoms with Gasteiger partial charge in [-0.25, -0.2) is 0 Å². The van der Waals surface area contributed by atoms with Gasteiger partial charge in [-0.1, -0.05) is 13.8 Å². The molecule has 1 amide bonds. The van der Waals surface area contributed by atoms with E-state index < -0.39 is 11.4 Å². The third-order valence-corrected chi connectivity index (χ3v) is 4.35. The van der Waals surface area contributed by atoms with E-state index >= 15 is 0 Å². The van der Waals surface area contributed by atoms with Crippen molar-refractivity contribution in [2.45, 2.75) is 33.1 Å². The Labute approximate surface area is 118 Å². The lowest BCUT2D eigenvalue weighted by Gasteiger charge is -2.28. The van der Waals surface area contributed by atoms with Gasteiger partial charge in [-0.05, 0) is 24.5 Å². The summed E-state index contributed by atoms with van der Waals surface area (Å²) in [6.07, 6.45) is 3.04. The topological polar surface area (TPSA) is 70.8 Å². The van der Waals surface area contributed by atoms with Crippen LogP contribution in [0.3, 0.4) is 0 Å². The van der Waals surface area contributed by atoms with Crippen LogP contribution in [0.4, 0.5) is 0 Å². The van der Waals surface area contributed by atoms with Crippen molar-refractivity contribution in [2.75, 3.05) is 13.1 Å². The molecule has 1 saturated heterocycles. The summed E-state index contributed by atoms with van der Waals surface area (Å²) in [6.45, 7) is 4.66. The fourth-order valence-electron chi connectivity index (χ4n) is 2.78. The summed E-state index contributed by atoms with van der Waals surface area (Å²) in [5.74, 6) is 0.00721. The number of carboxylic acid groups (broad SMARTS) is 1. The van der Waals surface area contributed by atoms with Gasteiger partial charge in [0.2, 0.25) is 5.91 Å². The van der Waals surface area contributed by atoms with Crippen molar-refractivity contribution in [2.24, 2.45) is 11.3 Å². The third kappa shape index (κ3) is 2.71. The molecule has 2 heterocycles. The average Bonchev–Trinajstić information content (AvgIpc) is 3.05. The quantitative estimate of drug-likeness (QED) is 0.896. The molecule has 1 atom stereocenters. The van der Waals surface area contributed by atoms with Gasteiger partial charge >= 0.3 is 5.97 Å². The first-order chi connectivity index (χ1) is 9.45. The molecule has 1 fully saturated rings. The monoisotopic (exact) mass is 279 g/mol. The smallest absolute Gasteiger partial charge is 0.311 e. The molecule has 1 unspecified atom stereocenters. The summed E-state index contributed by atoms with van der Waals surface area (Å²) < 4.78 is 5.20. The van der Waals surface area contributed by atoms with Crippen molar-refractivity contribution in [1.82, 2.24) is 4.90 Å². The number of hydrogen-bond donors (Lipinski definition) is 1. The maximum absolute atomic E-state index is 12.2. The fraction of sp³-hybridized carbons (Fsp3) is 0.600. The first kappa shape index (κ1) is 14.6. The second kappa shape index (κ2) is 5.69. The number of carbonyl (C=O) groups excluding carboxylic acids is 1. The van der Waals surface area contributed by atoms with Crippen LogP contribution >= 0.6 is 0 Å². The Bertz CT molecular complexity index is 480. The number of aliphatic carboxylic acids is 1. The first-order valence-corrected chi connectivity index (χ1v) is 6.99. The van der Waals surface area contributed by atoms with E-state index in [0.29, 0.717) is 32.4 Å². The Morgan fingerprint density at radius 1 is 1.50 bits per heavy atom. The van der Waals surface area contributed by atoms with E-state index in [1.54, 1.807) is 17.2 Å². The average molecular weight is 279 g/mol. The fourth-order valence-corrected chi connectivity index (χ4v) is 2.78. The summed E-state index contributed by atoms with van der Waals surface area (Å²) in [6, 6.07) is 3.64. The van der Waals surface area contributed by atoms with Crippen molar-refractivity contribution in [3.63, 3.8) is 0 Å². The Morgan fingerprint density at radius 3 is 2.75 bits per heavy atom. The molecule has 20 heavy (non-hydrogen) atoms. The highest BCUT2D eigenvalue weighted by molar-refractivity contribution is 5.81. The standard InChI is InChI=1S/C15H21NO4/c1-11(2)15(14(18)19)7-8-16(10-15)13(17)6-5-12-4-3-9-20-12/h3-4,9,11H,5-8,10H2,1-2H3,(H,18,19). The maximum Gasteiger partial charge on any atom is 0.311 e. The van der Waals surface area contributed by atoms with E-state index in [2.05, 4.69) is 0 Å². The van der Waals surface area contributed by atoms with Crippen molar-refractivity contribution in [1.29, 1.82) is 0 Å². The van der Waals surface area contributed by atoms with Crippen molar-refractivity contribution >= 4 is 11.9 Å². The van der Waals surface area contributed by atoms with E-state index in [0.717, 1.165) is 5.76 Å². The number of furan rings is 1. The molecule has 5 nitrogen and oxygen atoms in total. The molecular weight excluding hydrogens is 258 g/mol. The summed E-state index contributed by atoms with van der Waals surface area (Å²) >= 11 is 0. The van der Waals surface area contributed by atoms with Gasteiger partial charge in [0, 0.05) is 25.9 Å². The minimum Gasteiger partial charge on any atom is -0.481 e. The van der Waals surface area contributed by atoms with Crippen LogP contribution in [0.5, 0.6) is 0 Å². The number of carbonyl (C=O) groups is 2. The highest BCUT2D eigenvalue weighted by Gasteiger charge is 2.48. The van der Waals surface area contributed by atoms with Gasteiger partial charge in [-0.15, -0.1) is 0 Å². The van der Waals surface area contributed by atoms with Crippen LogP contribution in [0.2, 0.25) is 0 Å². The largest absolute Gasteiger partial charge is 0.481 e. The Morgan fingerprint density at radius 2 is 2.25 bits per heavy atom. The Hall–Kier alpha value is -1.78. The number of amides is 1. The molecule has 0 spiro atoms. The lowest BCUT2D eigenvalue weighted by atomic mass is 9.76. The number of aryl methyl sites for hydroxylation is 1. The lowest BCUT2D eigenvalue weighted by molar-refractivity contribution is -0.151. The Balaban J connectivity index is 1.94.